The van der Waals surface area contributed by atoms with Crippen molar-refractivity contribution in [3.8, 4) is 91.0 Å². The van der Waals surface area contributed by atoms with Crippen molar-refractivity contribution in [3.63, 3.8) is 0 Å². The van der Waals surface area contributed by atoms with Crippen molar-refractivity contribution in [2.45, 2.75) is 127 Å². The topological polar surface area (TPSA) is 392 Å². The molecule has 145 heavy (non-hydrogen) atoms. The van der Waals surface area contributed by atoms with Gasteiger partial charge in [-0.05, 0) is 150 Å². The number of carbonyl (C=O) groups is 4. The van der Waals surface area contributed by atoms with E-state index in [1.54, 1.807) is 179 Å². The van der Waals surface area contributed by atoms with Crippen LogP contribution in [0.4, 0.5) is 76.0 Å². The van der Waals surface area contributed by atoms with Crippen molar-refractivity contribution in [2.24, 2.45) is 7.05 Å². The molecule has 5 N–H and O–H groups in total. The molecule has 0 saturated carbocycles. The molecule has 0 saturated heterocycles. The first-order chi connectivity index (χ1) is 68.5. The number of fused-ring (bicyclic) bond motifs is 4. The zero-order chi connectivity index (χ0) is 105. The number of nitrogens with zero attached hydrogens (tertiary/aromatic N) is 13. The first-order valence-corrected chi connectivity index (χ1v) is 43.9. The predicted octanol–water partition coefficient (Wildman–Crippen LogP) is 20.8. The molecule has 16 aromatic rings. The monoisotopic (exact) mass is 2010 g/mol. The van der Waals surface area contributed by atoms with Crippen molar-refractivity contribution in [3.05, 3.63) is 240 Å². The number of hydrogen-bond acceptors (Lipinski definition) is 26. The second-order valence-corrected chi connectivity index (χ2v) is 35.0. The van der Waals surface area contributed by atoms with Gasteiger partial charge in [-0.2, -0.15) is 62.9 Å². The van der Waals surface area contributed by atoms with Crippen LogP contribution in [0.5, 0.6) is 46.0 Å². The highest BCUT2D eigenvalue weighted by molar-refractivity contribution is 5.95. The van der Waals surface area contributed by atoms with Crippen LogP contribution in [0.2, 0.25) is 0 Å². The number of amides is 4. The minimum absolute atomic E-state index is 0.0105. The average Bonchev–Trinajstić information content (AvgIpc) is 1.78. The minimum atomic E-state index is -4.53. The van der Waals surface area contributed by atoms with Crippen molar-refractivity contribution in [1.29, 1.82) is 0 Å². The molecular formula is C101H96F12N18O14. The van der Waals surface area contributed by atoms with E-state index in [4.69, 9.17) is 46.9 Å². The number of pyridine rings is 8. The summed E-state index contributed by atoms with van der Waals surface area (Å²) < 4.78 is 212. The van der Waals surface area contributed by atoms with Gasteiger partial charge in [0.05, 0.1) is 139 Å². The van der Waals surface area contributed by atoms with Crippen LogP contribution < -0.4 is 59.2 Å². The molecule has 12 aromatic heterocycles. The van der Waals surface area contributed by atoms with Gasteiger partial charge >= 0.3 is 24.7 Å². The van der Waals surface area contributed by atoms with E-state index < -0.39 is 75.8 Å². The maximum Gasteiger partial charge on any atom is 0.401 e. The van der Waals surface area contributed by atoms with Crippen molar-refractivity contribution >= 4 is 90.6 Å². The molecule has 0 aliphatic rings. The van der Waals surface area contributed by atoms with Gasteiger partial charge in [-0.3, -0.25) is 74.1 Å². The number of ether oxygens (including phenoxy) is 8. The van der Waals surface area contributed by atoms with Crippen LogP contribution in [-0.4, -0.2) is 175 Å². The molecule has 16 rings (SSSR count). The Morgan fingerprint density at radius 2 is 0.634 bits per heavy atom. The van der Waals surface area contributed by atoms with Gasteiger partial charge in [0.1, 0.15) is 33.2 Å². The summed E-state index contributed by atoms with van der Waals surface area (Å²) in [7, 11) is 14.0. The molecule has 0 spiro atoms. The molecule has 0 radical (unpaired) electrons. The fourth-order valence-corrected chi connectivity index (χ4v) is 14.1. The molecule has 0 aliphatic heterocycles. The number of rotatable bonds is 28. The van der Waals surface area contributed by atoms with Crippen molar-refractivity contribution < 1.29 is 119 Å². The lowest BCUT2D eigenvalue weighted by Gasteiger charge is -2.25. The summed E-state index contributed by atoms with van der Waals surface area (Å²) in [6, 6.07) is 40.8. The fraction of sp³-hybridized carbons (Fsp3) is 0.287. The summed E-state index contributed by atoms with van der Waals surface area (Å²) >= 11 is 0. The summed E-state index contributed by atoms with van der Waals surface area (Å²) in [5, 5.41) is 30.5. The van der Waals surface area contributed by atoms with Crippen LogP contribution in [0.3, 0.4) is 0 Å². The van der Waals surface area contributed by atoms with E-state index in [1.807, 2.05) is 48.5 Å². The van der Waals surface area contributed by atoms with E-state index in [-0.39, 0.29) is 66.1 Å². The Balaban J connectivity index is 0.000000162. The molecule has 0 atom stereocenters. The van der Waals surface area contributed by atoms with Crippen LogP contribution >= 0.6 is 0 Å². The molecule has 0 unspecified atom stereocenters. The number of carbonyl (C=O) groups excluding carboxylic acids is 4. The number of aromatic nitrogens is 14. The van der Waals surface area contributed by atoms with Gasteiger partial charge in [-0.15, -0.1) is 0 Å². The van der Waals surface area contributed by atoms with Gasteiger partial charge in [0.25, 0.3) is 0 Å². The lowest BCUT2D eigenvalue weighted by molar-refractivity contribution is -0.185. The molecule has 4 aromatic carbocycles. The standard InChI is InChI=1S/C26H26F3N5O3.C25H24F3N5O3.2C25H23F3N4O4/c1-25(2,26(27,28)29)22-12-23(34(3)33-22)32-24(35)8-15-6-7-18(30-13-15)17-9-16-10-20(36-4)21(37-5)11-19(16)31-14-17;1-24(2,25(26,27)28)21-11-22(33-32-21)31-23(34)7-14-5-6-17(29-12-14)16-8-15-9-19(35-3)20(36-4)10-18(15)30-13-16;1-24(2,25(26,27)28)21-11-22(32-36-21)31-23(33)7-14-5-6-17(29-12-14)16-8-15-9-19(34-3)20(35-4)10-18(15)30-13-16;1-24(2,25(26,27)28)21-11-23(36-32-21)31-22(33)7-14-5-6-17(29-12-14)16-8-15-9-19(34-3)20(35-4)10-18(15)30-13-16/h6-7,9-14H,8H2,1-5H3,(H,32,35);5-6,8-13H,7H2,1-4H3,(H2,31,32,33,34);5-6,8-13H,7H2,1-4H3,(H,31,32,33);5-6,8-13H,7H2,1-4H3,(H,31,33). The van der Waals surface area contributed by atoms with E-state index in [9.17, 15) is 71.9 Å². The molecule has 4 amide bonds. The minimum Gasteiger partial charge on any atom is -0.493 e. The summed E-state index contributed by atoms with van der Waals surface area (Å²) in [5.74, 6) is 2.44. The number of H-pyrrole nitrogens is 1. The lowest BCUT2D eigenvalue weighted by atomic mass is 9.89. The van der Waals surface area contributed by atoms with Crippen molar-refractivity contribution in [1.82, 2.24) is 70.2 Å². The number of aryl methyl sites for hydroxylation is 1. The van der Waals surface area contributed by atoms with Gasteiger partial charge in [0, 0.05) is 149 Å². The van der Waals surface area contributed by atoms with E-state index in [0.29, 0.717) is 91.0 Å². The Hall–Kier alpha value is -16.6. The molecule has 0 aliphatic carbocycles. The third-order valence-electron chi connectivity index (χ3n) is 23.6. The van der Waals surface area contributed by atoms with Gasteiger partial charge in [-0.25, -0.2) is 0 Å². The van der Waals surface area contributed by atoms with E-state index in [2.05, 4.69) is 86.7 Å². The first-order valence-electron chi connectivity index (χ1n) is 43.9. The SMILES string of the molecule is COc1cc2cc(-c3ccc(CC(=O)Nc4cc(C(C)(C)C(F)(F)F)[nH]n4)cn3)cnc2cc1OC.COc1cc2cc(-c3ccc(CC(=O)Nc4cc(C(C)(C)C(F)(F)F)nn4C)cn3)cnc2cc1OC.COc1cc2cc(-c3ccc(CC(=O)Nc4cc(C(C)(C)C(F)(F)F)no4)cn3)cnc2cc1OC.COc1cc2cc(-c3ccc(CC(=O)Nc4cc(C(C)(C)C(F)(F)F)on4)cn3)cnc2cc1OC. The highest BCUT2D eigenvalue weighted by Crippen LogP contribution is 2.46. The second kappa shape index (κ2) is 43.1. The quantitative estimate of drug-likeness (QED) is 0.0284. The molecule has 0 bridgehead atoms. The predicted molar refractivity (Wildman–Crippen MR) is 513 cm³/mol. The zero-order valence-corrected chi connectivity index (χ0v) is 80.9. The molecule has 0 fully saturated rings. The van der Waals surface area contributed by atoms with Crippen LogP contribution in [0, 0.1) is 0 Å². The summed E-state index contributed by atoms with van der Waals surface area (Å²) in [4.78, 5) is 85.3. The van der Waals surface area contributed by atoms with Crippen LogP contribution in [0.25, 0.3) is 88.6 Å². The molecule has 12 heterocycles. The molecular weight excluding hydrogens is 1920 g/mol. The molecule has 758 valence electrons. The number of aromatic amines is 1. The summed E-state index contributed by atoms with van der Waals surface area (Å²) in [6.07, 6.45) is -5.11. The van der Waals surface area contributed by atoms with Gasteiger partial charge in [0.15, 0.2) is 63.4 Å². The number of benzene rings is 4. The zero-order valence-electron chi connectivity index (χ0n) is 80.9. The van der Waals surface area contributed by atoms with Crippen LogP contribution in [0.15, 0.2) is 204 Å². The molecule has 32 nitrogen and oxygen atoms in total. The van der Waals surface area contributed by atoms with E-state index in [1.165, 1.54) is 23.9 Å². The first kappa shape index (κ1) is 106. The molecule has 44 heteroatoms. The third-order valence-corrected chi connectivity index (χ3v) is 23.6. The van der Waals surface area contributed by atoms with E-state index in [0.717, 1.165) is 133 Å². The average molecular weight is 2010 g/mol. The smallest absolute Gasteiger partial charge is 0.401 e. The highest BCUT2D eigenvalue weighted by Gasteiger charge is 2.54. The van der Waals surface area contributed by atoms with Gasteiger partial charge < -0.3 is 62.9 Å². The number of methoxy groups -OCH3 is 8. The third kappa shape index (κ3) is 24.4. The number of anilines is 4. The Labute approximate surface area is 819 Å². The van der Waals surface area contributed by atoms with Gasteiger partial charge in [-0.1, -0.05) is 34.6 Å². The van der Waals surface area contributed by atoms with E-state index >= 15 is 0 Å². The summed E-state index contributed by atoms with van der Waals surface area (Å²) in [6.45, 7) is 8.11. The normalized spacial score (nSPS) is 12.0. The second-order valence-electron chi connectivity index (χ2n) is 35.0. The van der Waals surface area contributed by atoms with Gasteiger partial charge in [0.2, 0.25) is 29.5 Å². The van der Waals surface area contributed by atoms with Crippen LogP contribution in [0.1, 0.15) is 100 Å². The largest absolute Gasteiger partial charge is 0.493 e. The van der Waals surface area contributed by atoms with Crippen molar-refractivity contribution in [2.75, 3.05) is 78.1 Å². The Kier molecular flexibility index (Phi) is 31.4. The lowest BCUT2D eigenvalue weighted by Crippen LogP contribution is -2.36. The number of hydrogen-bond donors (Lipinski definition) is 5. The highest BCUT2D eigenvalue weighted by atomic mass is 19.4. The maximum atomic E-state index is 13.3. The number of alkyl halides is 12. The number of nitrogens with one attached hydrogen (secondary N) is 5. The fourth-order valence-electron chi connectivity index (χ4n) is 14.1. The Bertz CT molecular complexity index is 6860. The van der Waals surface area contributed by atoms with Crippen LogP contribution in [-0.2, 0) is 73.6 Å². The summed E-state index contributed by atoms with van der Waals surface area (Å²) in [5.41, 5.74) is 1.79. The maximum absolute atomic E-state index is 13.3. The Morgan fingerprint density at radius 1 is 0.324 bits per heavy atom. The number of halogens is 12. The Morgan fingerprint density at radius 3 is 0.952 bits per heavy atom.